The summed E-state index contributed by atoms with van der Waals surface area (Å²) >= 11 is 0. The van der Waals surface area contributed by atoms with Crippen molar-refractivity contribution in [3.05, 3.63) is 12.4 Å². The monoisotopic (exact) mass is 264 g/mol. The topological polar surface area (TPSA) is 106 Å². The van der Waals surface area contributed by atoms with Gasteiger partial charge in [-0.1, -0.05) is 0 Å². The number of hydrogen-bond acceptors (Lipinski definition) is 7. The summed E-state index contributed by atoms with van der Waals surface area (Å²) in [6, 6.07) is -0.247. The molecule has 0 radical (unpaired) electrons. The van der Waals surface area contributed by atoms with E-state index in [2.05, 4.69) is 20.5 Å². The minimum absolute atomic E-state index is 0.00147. The first-order valence-corrected chi connectivity index (χ1v) is 5.84. The first-order valence-electron chi connectivity index (χ1n) is 5.84. The summed E-state index contributed by atoms with van der Waals surface area (Å²) in [5.41, 5.74) is 0.526. The maximum absolute atomic E-state index is 10.9. The molecule has 9 nitrogen and oxygen atoms in total. The van der Waals surface area contributed by atoms with E-state index in [-0.39, 0.29) is 12.5 Å². The van der Waals surface area contributed by atoms with Crippen LogP contribution in [0.15, 0.2) is 12.4 Å². The van der Waals surface area contributed by atoms with Gasteiger partial charge in [0.2, 0.25) is 0 Å². The summed E-state index contributed by atoms with van der Waals surface area (Å²) in [4.78, 5) is 16.9. The van der Waals surface area contributed by atoms with Gasteiger partial charge >= 0.3 is 5.97 Å². The molecule has 0 saturated carbocycles. The zero-order chi connectivity index (χ0) is 13.2. The fourth-order valence-electron chi connectivity index (χ4n) is 2.19. The van der Waals surface area contributed by atoms with Crippen molar-refractivity contribution in [1.29, 1.82) is 0 Å². The highest BCUT2D eigenvalue weighted by Crippen LogP contribution is 2.20. The highest BCUT2D eigenvalue weighted by molar-refractivity contribution is 5.68. The van der Waals surface area contributed by atoms with E-state index < -0.39 is 5.97 Å². The lowest BCUT2D eigenvalue weighted by molar-refractivity contribution is -0.138. The van der Waals surface area contributed by atoms with Gasteiger partial charge in [-0.05, 0) is 10.4 Å². The fraction of sp³-hybridized carbons (Fsp3) is 0.500. The molecule has 0 aromatic carbocycles. The van der Waals surface area contributed by atoms with Gasteiger partial charge in [-0.15, -0.1) is 5.10 Å². The molecule has 1 N–H and O–H groups in total. The Hall–Kier alpha value is -2.29. The molecule has 19 heavy (non-hydrogen) atoms. The molecule has 2 aromatic heterocycles. The molecule has 1 saturated heterocycles. The molecular weight excluding hydrogens is 252 g/mol. The van der Waals surface area contributed by atoms with Crippen molar-refractivity contribution in [1.82, 2.24) is 25.0 Å². The van der Waals surface area contributed by atoms with Gasteiger partial charge in [0.25, 0.3) is 0 Å². The SMILES string of the molecule is O=C(O)CC1COCCN1c1cncc2nnnn12. The van der Waals surface area contributed by atoms with E-state index in [0.717, 1.165) is 0 Å². The summed E-state index contributed by atoms with van der Waals surface area (Å²) in [5.74, 6) is -0.186. The van der Waals surface area contributed by atoms with Gasteiger partial charge in [0.1, 0.15) is 0 Å². The van der Waals surface area contributed by atoms with Crippen LogP contribution in [0.4, 0.5) is 5.82 Å². The largest absolute Gasteiger partial charge is 0.481 e. The Labute approximate surface area is 107 Å². The highest BCUT2D eigenvalue weighted by atomic mass is 16.5. The van der Waals surface area contributed by atoms with Crippen molar-refractivity contribution >= 4 is 17.4 Å². The molecule has 1 fully saturated rings. The minimum Gasteiger partial charge on any atom is -0.481 e. The number of ether oxygens (including phenoxy) is 1. The number of carbonyl (C=O) groups is 1. The van der Waals surface area contributed by atoms with Crippen LogP contribution in [0, 0.1) is 0 Å². The second kappa shape index (κ2) is 4.76. The quantitative estimate of drug-likeness (QED) is 0.768. The second-order valence-electron chi connectivity index (χ2n) is 4.23. The number of aliphatic carboxylic acids is 1. The van der Waals surface area contributed by atoms with Gasteiger partial charge in [0.15, 0.2) is 11.5 Å². The normalized spacial score (nSPS) is 19.8. The molecule has 3 rings (SSSR count). The maximum atomic E-state index is 10.9. The molecule has 1 aliphatic heterocycles. The Morgan fingerprint density at radius 1 is 1.53 bits per heavy atom. The molecule has 2 aromatic rings. The summed E-state index contributed by atoms with van der Waals surface area (Å²) in [6.45, 7) is 1.48. The lowest BCUT2D eigenvalue weighted by atomic mass is 10.1. The third-order valence-electron chi connectivity index (χ3n) is 3.02. The molecule has 0 bridgehead atoms. The van der Waals surface area contributed by atoms with Gasteiger partial charge < -0.3 is 14.7 Å². The Morgan fingerprint density at radius 3 is 3.26 bits per heavy atom. The number of hydrogen-bond donors (Lipinski definition) is 1. The summed E-state index contributed by atoms with van der Waals surface area (Å²) < 4.78 is 6.89. The number of fused-ring (bicyclic) bond motifs is 1. The van der Waals surface area contributed by atoms with Gasteiger partial charge in [0, 0.05) is 6.54 Å². The highest BCUT2D eigenvalue weighted by Gasteiger charge is 2.27. The third-order valence-corrected chi connectivity index (χ3v) is 3.02. The third kappa shape index (κ3) is 2.19. The molecule has 3 heterocycles. The summed E-state index contributed by atoms with van der Waals surface area (Å²) in [6.07, 6.45) is 3.18. The second-order valence-corrected chi connectivity index (χ2v) is 4.23. The predicted molar refractivity (Wildman–Crippen MR) is 62.8 cm³/mol. The van der Waals surface area contributed by atoms with Gasteiger partial charge in [-0.3, -0.25) is 9.78 Å². The zero-order valence-corrected chi connectivity index (χ0v) is 10.0. The number of rotatable bonds is 3. The van der Waals surface area contributed by atoms with Crippen molar-refractivity contribution in [2.24, 2.45) is 0 Å². The van der Waals surface area contributed by atoms with E-state index in [4.69, 9.17) is 9.84 Å². The molecule has 0 spiro atoms. The van der Waals surface area contributed by atoms with E-state index >= 15 is 0 Å². The van der Waals surface area contributed by atoms with Crippen LogP contribution in [0.25, 0.3) is 5.65 Å². The van der Waals surface area contributed by atoms with E-state index in [1.165, 1.54) is 0 Å². The smallest absolute Gasteiger partial charge is 0.305 e. The molecule has 0 aliphatic carbocycles. The van der Waals surface area contributed by atoms with E-state index in [9.17, 15) is 4.79 Å². The summed E-state index contributed by atoms with van der Waals surface area (Å²) in [7, 11) is 0. The van der Waals surface area contributed by atoms with Crippen molar-refractivity contribution in [2.45, 2.75) is 12.5 Å². The first-order chi connectivity index (χ1) is 9.25. The van der Waals surface area contributed by atoms with Gasteiger partial charge in [-0.2, -0.15) is 4.52 Å². The lowest BCUT2D eigenvalue weighted by Gasteiger charge is -2.35. The maximum Gasteiger partial charge on any atom is 0.305 e. The van der Waals surface area contributed by atoms with Gasteiger partial charge in [-0.25, -0.2) is 0 Å². The predicted octanol–water partition coefficient (Wildman–Crippen LogP) is -0.801. The number of aromatic nitrogens is 5. The van der Waals surface area contributed by atoms with E-state index in [0.29, 0.717) is 31.2 Å². The number of nitrogens with zero attached hydrogens (tertiary/aromatic N) is 6. The number of tetrazole rings is 1. The van der Waals surface area contributed by atoms with Crippen LogP contribution in [0.5, 0.6) is 0 Å². The first kappa shape index (κ1) is 11.8. The van der Waals surface area contributed by atoms with E-state index in [1.54, 1.807) is 16.9 Å². The lowest BCUT2D eigenvalue weighted by Crippen LogP contribution is -2.47. The molecule has 100 valence electrons. The molecule has 1 aliphatic rings. The Kier molecular flexibility index (Phi) is 2.95. The van der Waals surface area contributed by atoms with E-state index in [1.807, 2.05) is 4.90 Å². The Bertz CT molecular complexity index is 600. The Morgan fingerprint density at radius 2 is 2.42 bits per heavy atom. The van der Waals surface area contributed by atoms with Crippen LogP contribution in [0.2, 0.25) is 0 Å². The summed E-state index contributed by atoms with van der Waals surface area (Å²) in [5, 5.41) is 20.3. The van der Waals surface area contributed by atoms with Crippen molar-refractivity contribution in [3.8, 4) is 0 Å². The van der Waals surface area contributed by atoms with Crippen molar-refractivity contribution in [3.63, 3.8) is 0 Å². The van der Waals surface area contributed by atoms with Crippen LogP contribution >= 0.6 is 0 Å². The molecule has 9 heteroatoms. The number of carboxylic acid groups (broad SMARTS) is 1. The number of anilines is 1. The Balaban J connectivity index is 1.97. The van der Waals surface area contributed by atoms with Crippen LogP contribution in [-0.4, -0.2) is 61.9 Å². The van der Waals surface area contributed by atoms with Crippen molar-refractivity contribution < 1.29 is 14.6 Å². The van der Waals surface area contributed by atoms with Crippen molar-refractivity contribution in [2.75, 3.05) is 24.7 Å². The van der Waals surface area contributed by atoms with Gasteiger partial charge in [0.05, 0.1) is 38.1 Å². The van der Waals surface area contributed by atoms with Crippen LogP contribution in [-0.2, 0) is 9.53 Å². The average molecular weight is 264 g/mol. The standard InChI is InChI=1S/C10H12N6O3/c17-10(18)3-7-6-19-2-1-15(7)9-5-11-4-8-12-13-14-16(8)9/h4-5,7H,1-3,6H2,(H,17,18). The average Bonchev–Trinajstić information content (AvgIpc) is 2.87. The minimum atomic E-state index is -0.864. The number of carboxylic acids is 1. The van der Waals surface area contributed by atoms with Crippen LogP contribution in [0.3, 0.4) is 0 Å². The molecular formula is C10H12N6O3. The fourth-order valence-corrected chi connectivity index (χ4v) is 2.19. The van der Waals surface area contributed by atoms with Crippen LogP contribution in [0.1, 0.15) is 6.42 Å². The molecule has 0 amide bonds. The zero-order valence-electron chi connectivity index (χ0n) is 10.0. The molecule has 1 atom stereocenters. The van der Waals surface area contributed by atoms with Crippen LogP contribution < -0.4 is 4.90 Å². The number of morpholine rings is 1. The molecule has 1 unspecified atom stereocenters.